The standard InChI is InChI=1S/C15H28N4O3/c1-12(20)19-5-3-13(4-6-19)9-16-15(21)17-10-14-11-18(2)7-8-22-14/h13-14H,3-11H2,1-2H3,(H2,16,17,21). The van der Waals surface area contributed by atoms with E-state index in [-0.39, 0.29) is 18.0 Å². The van der Waals surface area contributed by atoms with Gasteiger partial charge in [0.25, 0.3) is 0 Å². The van der Waals surface area contributed by atoms with Gasteiger partial charge in [-0.1, -0.05) is 0 Å². The third-order valence-electron chi connectivity index (χ3n) is 4.44. The largest absolute Gasteiger partial charge is 0.374 e. The molecule has 3 amide bonds. The molecule has 0 aromatic carbocycles. The lowest BCUT2D eigenvalue weighted by Crippen LogP contribution is -2.48. The SMILES string of the molecule is CC(=O)N1CCC(CNC(=O)NCC2CN(C)CCO2)CC1. The third kappa shape index (κ3) is 5.46. The molecule has 0 saturated carbocycles. The van der Waals surface area contributed by atoms with Gasteiger partial charge in [0, 0.05) is 46.2 Å². The molecule has 0 aliphatic carbocycles. The fourth-order valence-electron chi connectivity index (χ4n) is 2.95. The van der Waals surface area contributed by atoms with E-state index < -0.39 is 0 Å². The number of nitrogens with zero attached hydrogens (tertiary/aromatic N) is 2. The Bertz CT molecular complexity index is 383. The number of rotatable bonds is 4. The first-order valence-electron chi connectivity index (χ1n) is 8.12. The Hall–Kier alpha value is -1.34. The van der Waals surface area contributed by atoms with Crippen molar-refractivity contribution in [3.63, 3.8) is 0 Å². The minimum atomic E-state index is -0.133. The van der Waals surface area contributed by atoms with Crippen LogP contribution in [-0.2, 0) is 9.53 Å². The van der Waals surface area contributed by atoms with Crippen LogP contribution in [0, 0.1) is 5.92 Å². The summed E-state index contributed by atoms with van der Waals surface area (Å²) < 4.78 is 5.61. The highest BCUT2D eigenvalue weighted by Crippen LogP contribution is 2.16. The Kier molecular flexibility index (Phi) is 6.45. The van der Waals surface area contributed by atoms with E-state index in [1.54, 1.807) is 6.92 Å². The normalized spacial score (nSPS) is 24.1. The second-order valence-corrected chi connectivity index (χ2v) is 6.30. The van der Waals surface area contributed by atoms with E-state index >= 15 is 0 Å². The van der Waals surface area contributed by atoms with Crippen molar-refractivity contribution in [1.82, 2.24) is 20.4 Å². The molecular formula is C15H28N4O3. The van der Waals surface area contributed by atoms with Crippen LogP contribution in [0.1, 0.15) is 19.8 Å². The number of carbonyl (C=O) groups excluding carboxylic acids is 2. The molecular weight excluding hydrogens is 284 g/mol. The van der Waals surface area contributed by atoms with Gasteiger partial charge >= 0.3 is 6.03 Å². The monoisotopic (exact) mass is 312 g/mol. The van der Waals surface area contributed by atoms with E-state index in [9.17, 15) is 9.59 Å². The zero-order valence-electron chi connectivity index (χ0n) is 13.6. The van der Waals surface area contributed by atoms with E-state index in [4.69, 9.17) is 4.74 Å². The number of amides is 3. The van der Waals surface area contributed by atoms with Gasteiger partial charge in [0.1, 0.15) is 0 Å². The zero-order chi connectivity index (χ0) is 15.9. The van der Waals surface area contributed by atoms with Crippen LogP contribution in [-0.4, -0.2) is 80.8 Å². The first-order valence-corrected chi connectivity index (χ1v) is 8.12. The van der Waals surface area contributed by atoms with Crippen LogP contribution in [0.5, 0.6) is 0 Å². The number of ether oxygens (including phenoxy) is 1. The predicted octanol–water partition coefficient (Wildman–Crippen LogP) is -0.125. The molecule has 22 heavy (non-hydrogen) atoms. The number of likely N-dealkylation sites (N-methyl/N-ethyl adjacent to an activating group) is 1. The minimum absolute atomic E-state index is 0.0725. The van der Waals surface area contributed by atoms with Crippen LogP contribution < -0.4 is 10.6 Å². The van der Waals surface area contributed by atoms with Crippen molar-refractivity contribution in [2.24, 2.45) is 5.92 Å². The van der Waals surface area contributed by atoms with Gasteiger partial charge in [-0.3, -0.25) is 4.79 Å². The Balaban J connectivity index is 1.57. The lowest BCUT2D eigenvalue weighted by atomic mass is 9.97. The number of nitrogens with one attached hydrogen (secondary N) is 2. The lowest BCUT2D eigenvalue weighted by Gasteiger charge is -2.31. The number of hydrogen-bond acceptors (Lipinski definition) is 4. The molecule has 0 aromatic heterocycles. The molecule has 7 heteroatoms. The van der Waals surface area contributed by atoms with Gasteiger partial charge in [0.05, 0.1) is 12.7 Å². The maximum absolute atomic E-state index is 11.8. The summed E-state index contributed by atoms with van der Waals surface area (Å²) in [6, 6.07) is -0.133. The summed E-state index contributed by atoms with van der Waals surface area (Å²) in [6.45, 7) is 6.93. The second-order valence-electron chi connectivity index (χ2n) is 6.30. The molecule has 0 radical (unpaired) electrons. The van der Waals surface area contributed by atoms with E-state index in [1.807, 2.05) is 4.90 Å². The van der Waals surface area contributed by atoms with Crippen LogP contribution in [0.15, 0.2) is 0 Å². The molecule has 2 N–H and O–H groups in total. The Morgan fingerprint density at radius 2 is 1.82 bits per heavy atom. The molecule has 0 aromatic rings. The summed E-state index contributed by atoms with van der Waals surface area (Å²) in [5.41, 5.74) is 0. The molecule has 0 bridgehead atoms. The molecule has 2 rings (SSSR count). The fraction of sp³-hybridized carbons (Fsp3) is 0.867. The fourth-order valence-corrected chi connectivity index (χ4v) is 2.95. The summed E-state index contributed by atoms with van der Waals surface area (Å²) in [4.78, 5) is 27.2. The Morgan fingerprint density at radius 3 is 2.45 bits per heavy atom. The van der Waals surface area contributed by atoms with E-state index in [2.05, 4.69) is 22.6 Å². The van der Waals surface area contributed by atoms with Gasteiger partial charge in [-0.15, -0.1) is 0 Å². The van der Waals surface area contributed by atoms with Crippen molar-refractivity contribution in [2.75, 3.05) is 52.9 Å². The quantitative estimate of drug-likeness (QED) is 0.759. The van der Waals surface area contributed by atoms with Crippen LogP contribution in [0.25, 0.3) is 0 Å². The van der Waals surface area contributed by atoms with Crippen LogP contribution >= 0.6 is 0 Å². The second kappa shape index (κ2) is 8.33. The Morgan fingerprint density at radius 1 is 1.14 bits per heavy atom. The van der Waals surface area contributed by atoms with Gasteiger partial charge < -0.3 is 25.2 Å². The van der Waals surface area contributed by atoms with Gasteiger partial charge in [-0.25, -0.2) is 4.79 Å². The van der Waals surface area contributed by atoms with E-state index in [0.29, 0.717) is 19.0 Å². The number of morpholine rings is 1. The van der Waals surface area contributed by atoms with Crippen molar-refractivity contribution < 1.29 is 14.3 Å². The minimum Gasteiger partial charge on any atom is -0.374 e. The summed E-state index contributed by atoms with van der Waals surface area (Å²) in [7, 11) is 2.06. The molecule has 1 atom stereocenters. The number of carbonyl (C=O) groups is 2. The van der Waals surface area contributed by atoms with Gasteiger partial charge in [-0.05, 0) is 25.8 Å². The molecule has 126 valence electrons. The van der Waals surface area contributed by atoms with Crippen LogP contribution in [0.3, 0.4) is 0 Å². The van der Waals surface area contributed by atoms with Gasteiger partial charge in [0.2, 0.25) is 5.91 Å². The lowest BCUT2D eigenvalue weighted by molar-refractivity contribution is -0.130. The highest BCUT2D eigenvalue weighted by atomic mass is 16.5. The maximum Gasteiger partial charge on any atom is 0.314 e. The highest BCUT2D eigenvalue weighted by Gasteiger charge is 2.21. The van der Waals surface area contributed by atoms with Crippen molar-refractivity contribution in [1.29, 1.82) is 0 Å². The molecule has 2 saturated heterocycles. The molecule has 2 fully saturated rings. The summed E-state index contributed by atoms with van der Waals surface area (Å²) in [6.07, 6.45) is 1.98. The first kappa shape index (κ1) is 17.0. The van der Waals surface area contributed by atoms with Crippen molar-refractivity contribution in [2.45, 2.75) is 25.9 Å². The molecule has 2 heterocycles. The zero-order valence-corrected chi connectivity index (χ0v) is 13.6. The summed E-state index contributed by atoms with van der Waals surface area (Å²) in [5, 5.41) is 5.80. The summed E-state index contributed by atoms with van der Waals surface area (Å²) in [5.74, 6) is 0.597. The Labute approximate surface area is 132 Å². The number of urea groups is 1. The van der Waals surface area contributed by atoms with Crippen molar-refractivity contribution in [3.05, 3.63) is 0 Å². The van der Waals surface area contributed by atoms with Crippen LogP contribution in [0.2, 0.25) is 0 Å². The molecule has 1 unspecified atom stereocenters. The smallest absolute Gasteiger partial charge is 0.314 e. The summed E-state index contributed by atoms with van der Waals surface area (Å²) >= 11 is 0. The molecule has 2 aliphatic rings. The van der Waals surface area contributed by atoms with Crippen LogP contribution in [0.4, 0.5) is 4.79 Å². The average molecular weight is 312 g/mol. The average Bonchev–Trinajstić information content (AvgIpc) is 2.51. The van der Waals surface area contributed by atoms with Crippen molar-refractivity contribution >= 4 is 11.9 Å². The first-order chi connectivity index (χ1) is 10.5. The maximum atomic E-state index is 11.8. The van der Waals surface area contributed by atoms with Gasteiger partial charge in [0.15, 0.2) is 0 Å². The molecule has 7 nitrogen and oxygen atoms in total. The topological polar surface area (TPSA) is 73.9 Å². The number of likely N-dealkylation sites (tertiary alicyclic amines) is 1. The molecule has 2 aliphatic heterocycles. The van der Waals surface area contributed by atoms with Gasteiger partial charge in [-0.2, -0.15) is 0 Å². The van der Waals surface area contributed by atoms with E-state index in [0.717, 1.165) is 45.6 Å². The third-order valence-corrected chi connectivity index (χ3v) is 4.44. The predicted molar refractivity (Wildman–Crippen MR) is 83.6 cm³/mol. The van der Waals surface area contributed by atoms with Crippen molar-refractivity contribution in [3.8, 4) is 0 Å². The van der Waals surface area contributed by atoms with E-state index in [1.165, 1.54) is 0 Å². The molecule has 0 spiro atoms. The highest BCUT2D eigenvalue weighted by molar-refractivity contribution is 5.74. The number of hydrogen-bond donors (Lipinski definition) is 2. The number of piperidine rings is 1.